The van der Waals surface area contributed by atoms with Crippen LogP contribution in [0.4, 0.5) is 11.5 Å². The van der Waals surface area contributed by atoms with Gasteiger partial charge in [0.25, 0.3) is 0 Å². The number of piperazine rings is 1. The molecule has 1 amide bonds. The number of aromatic nitrogens is 1. The van der Waals surface area contributed by atoms with Crippen LogP contribution in [-0.2, 0) is 4.79 Å². The lowest BCUT2D eigenvalue weighted by atomic mass is 10.3. The molecule has 0 atom stereocenters. The molecule has 1 aliphatic rings. The molecule has 0 radical (unpaired) electrons. The Morgan fingerprint density at radius 3 is 2.65 bits per heavy atom. The van der Waals surface area contributed by atoms with Crippen LogP contribution in [0.5, 0.6) is 0 Å². The van der Waals surface area contributed by atoms with E-state index in [1.165, 1.54) is 0 Å². The minimum absolute atomic E-state index is 0. The molecule has 0 aromatic carbocycles. The molecule has 1 aromatic rings. The zero-order valence-electron chi connectivity index (χ0n) is 11.9. The number of hydrogen-bond acceptors (Lipinski definition) is 5. The molecule has 7 heteroatoms. The number of amides is 1. The third-order valence-electron chi connectivity index (χ3n) is 2.96. The van der Waals surface area contributed by atoms with Crippen LogP contribution < -0.4 is 15.5 Å². The Labute approximate surface area is 125 Å². The van der Waals surface area contributed by atoms with Crippen molar-refractivity contribution in [2.24, 2.45) is 0 Å². The Hall–Kier alpha value is -1.37. The van der Waals surface area contributed by atoms with Gasteiger partial charge in [0.1, 0.15) is 5.82 Å². The molecule has 0 spiro atoms. The van der Waals surface area contributed by atoms with Crippen molar-refractivity contribution in [3.63, 3.8) is 0 Å². The average molecular weight is 300 g/mol. The van der Waals surface area contributed by atoms with Gasteiger partial charge < -0.3 is 20.4 Å². The van der Waals surface area contributed by atoms with Crippen LogP contribution in [0.3, 0.4) is 0 Å². The first-order chi connectivity index (χ1) is 9.15. The molecule has 1 aromatic heterocycles. The number of nitrogens with one attached hydrogen (secondary N) is 2. The lowest BCUT2D eigenvalue weighted by Crippen LogP contribution is -2.43. The molecule has 20 heavy (non-hydrogen) atoms. The molecule has 2 rings (SSSR count). The first kappa shape index (κ1) is 16.7. The van der Waals surface area contributed by atoms with Gasteiger partial charge in [0.05, 0.1) is 18.4 Å². The van der Waals surface area contributed by atoms with Crippen LogP contribution in [0, 0.1) is 0 Å². The van der Waals surface area contributed by atoms with Gasteiger partial charge in [-0.25, -0.2) is 4.98 Å². The van der Waals surface area contributed by atoms with Gasteiger partial charge in [0, 0.05) is 26.2 Å². The lowest BCUT2D eigenvalue weighted by molar-refractivity contribution is -0.116. The maximum Gasteiger partial charge on any atom is 0.239 e. The lowest BCUT2D eigenvalue weighted by Gasteiger charge is -2.29. The van der Waals surface area contributed by atoms with Crippen molar-refractivity contribution in [2.75, 3.05) is 57.0 Å². The molecule has 0 saturated carbocycles. The van der Waals surface area contributed by atoms with E-state index in [1.807, 2.05) is 37.3 Å². The monoisotopic (exact) mass is 299 g/mol. The van der Waals surface area contributed by atoms with Gasteiger partial charge in [-0.3, -0.25) is 4.79 Å². The van der Waals surface area contributed by atoms with Crippen LogP contribution in [0.1, 0.15) is 0 Å². The van der Waals surface area contributed by atoms with Crippen molar-refractivity contribution in [3.8, 4) is 0 Å². The van der Waals surface area contributed by atoms with Gasteiger partial charge >= 0.3 is 0 Å². The molecule has 1 fully saturated rings. The summed E-state index contributed by atoms with van der Waals surface area (Å²) >= 11 is 0. The summed E-state index contributed by atoms with van der Waals surface area (Å²) in [7, 11) is 3.72. The van der Waals surface area contributed by atoms with Crippen molar-refractivity contribution >= 4 is 29.8 Å². The summed E-state index contributed by atoms with van der Waals surface area (Å²) in [4.78, 5) is 20.0. The molecular weight excluding hydrogens is 278 g/mol. The summed E-state index contributed by atoms with van der Waals surface area (Å²) in [5.74, 6) is 0.554. The first-order valence-electron chi connectivity index (χ1n) is 6.51. The highest BCUT2D eigenvalue weighted by molar-refractivity contribution is 5.91. The van der Waals surface area contributed by atoms with Gasteiger partial charge in [-0.15, -0.1) is 12.4 Å². The van der Waals surface area contributed by atoms with E-state index >= 15 is 0 Å². The number of carbonyl (C=O) groups excluding carboxylic acids is 1. The summed E-state index contributed by atoms with van der Waals surface area (Å²) in [6.45, 7) is 4.35. The zero-order chi connectivity index (χ0) is 13.7. The van der Waals surface area contributed by atoms with Gasteiger partial charge in [0.2, 0.25) is 5.91 Å². The van der Waals surface area contributed by atoms with Crippen LogP contribution in [0.15, 0.2) is 18.3 Å². The van der Waals surface area contributed by atoms with Crippen LogP contribution in [-0.4, -0.2) is 62.6 Å². The summed E-state index contributed by atoms with van der Waals surface area (Å²) in [5, 5.41) is 6.10. The molecule has 2 heterocycles. The highest BCUT2D eigenvalue weighted by Crippen LogP contribution is 2.15. The second-order valence-corrected chi connectivity index (χ2v) is 4.92. The quantitative estimate of drug-likeness (QED) is 0.843. The molecule has 2 N–H and O–H groups in total. The van der Waals surface area contributed by atoms with Crippen molar-refractivity contribution in [3.05, 3.63) is 18.3 Å². The normalized spacial score (nSPS) is 14.8. The second-order valence-electron chi connectivity index (χ2n) is 4.92. The van der Waals surface area contributed by atoms with Crippen LogP contribution in [0.2, 0.25) is 0 Å². The third kappa shape index (κ3) is 4.96. The van der Waals surface area contributed by atoms with E-state index in [0.717, 1.165) is 31.9 Å². The number of hydrogen-bond donors (Lipinski definition) is 2. The third-order valence-corrected chi connectivity index (χ3v) is 2.96. The Morgan fingerprint density at radius 1 is 1.40 bits per heavy atom. The second kappa shape index (κ2) is 8.04. The number of anilines is 2. The largest absolute Gasteiger partial charge is 0.368 e. The first-order valence-corrected chi connectivity index (χ1v) is 6.51. The molecule has 0 aliphatic carbocycles. The standard InChI is InChI=1S/C13H21N5O.ClH/c1-17(2)10-13(19)16-12-4-3-11(9-15-12)18-7-5-14-6-8-18;/h3-4,9,14H,5-8,10H2,1-2H3,(H,15,16,19);1H. The van der Waals surface area contributed by atoms with Crippen molar-refractivity contribution in [1.82, 2.24) is 15.2 Å². The van der Waals surface area contributed by atoms with Crippen molar-refractivity contribution in [1.29, 1.82) is 0 Å². The summed E-state index contributed by atoms with van der Waals surface area (Å²) < 4.78 is 0. The van der Waals surface area contributed by atoms with Crippen molar-refractivity contribution in [2.45, 2.75) is 0 Å². The van der Waals surface area contributed by atoms with Gasteiger partial charge in [-0.1, -0.05) is 0 Å². The number of carbonyl (C=O) groups is 1. The molecule has 1 aliphatic heterocycles. The highest BCUT2D eigenvalue weighted by atomic mass is 35.5. The molecule has 0 unspecified atom stereocenters. The van der Waals surface area contributed by atoms with E-state index in [0.29, 0.717) is 12.4 Å². The van der Waals surface area contributed by atoms with E-state index in [1.54, 1.807) is 0 Å². The fourth-order valence-corrected chi connectivity index (χ4v) is 2.04. The maximum atomic E-state index is 11.6. The smallest absolute Gasteiger partial charge is 0.239 e. The van der Waals surface area contributed by atoms with E-state index in [2.05, 4.69) is 20.5 Å². The van der Waals surface area contributed by atoms with Gasteiger partial charge in [-0.05, 0) is 26.2 Å². The maximum absolute atomic E-state index is 11.6. The Bertz CT molecular complexity index is 417. The Balaban J connectivity index is 0.00000200. The minimum Gasteiger partial charge on any atom is -0.368 e. The predicted octanol–water partition coefficient (Wildman–Crippen LogP) is 0.413. The average Bonchev–Trinajstić information content (AvgIpc) is 2.39. The van der Waals surface area contributed by atoms with Gasteiger partial charge in [-0.2, -0.15) is 0 Å². The number of halogens is 1. The fourth-order valence-electron chi connectivity index (χ4n) is 2.04. The van der Waals surface area contributed by atoms with Crippen molar-refractivity contribution < 1.29 is 4.79 Å². The number of likely N-dealkylation sites (N-methyl/N-ethyl adjacent to an activating group) is 1. The Kier molecular flexibility index (Phi) is 6.70. The molecule has 6 nitrogen and oxygen atoms in total. The Morgan fingerprint density at radius 2 is 2.10 bits per heavy atom. The summed E-state index contributed by atoms with van der Waals surface area (Å²) in [6, 6.07) is 3.86. The van der Waals surface area contributed by atoms with E-state index in [9.17, 15) is 4.79 Å². The predicted molar refractivity (Wildman–Crippen MR) is 83.8 cm³/mol. The minimum atomic E-state index is -0.0487. The number of pyridine rings is 1. The SMILES string of the molecule is CN(C)CC(=O)Nc1ccc(N2CCNCC2)cn1.Cl. The summed E-state index contributed by atoms with van der Waals surface area (Å²) in [6.07, 6.45) is 1.82. The van der Waals surface area contributed by atoms with Crippen LogP contribution >= 0.6 is 12.4 Å². The molecule has 1 saturated heterocycles. The topological polar surface area (TPSA) is 60.5 Å². The van der Waals surface area contributed by atoms with Crippen LogP contribution in [0.25, 0.3) is 0 Å². The molecule has 0 bridgehead atoms. The zero-order valence-corrected chi connectivity index (χ0v) is 12.7. The fraction of sp³-hybridized carbons (Fsp3) is 0.538. The molecular formula is C13H22ClN5O. The van der Waals surface area contributed by atoms with E-state index in [4.69, 9.17) is 0 Å². The van der Waals surface area contributed by atoms with E-state index < -0.39 is 0 Å². The number of rotatable bonds is 4. The highest BCUT2D eigenvalue weighted by Gasteiger charge is 2.11. The van der Waals surface area contributed by atoms with E-state index in [-0.39, 0.29) is 18.3 Å². The summed E-state index contributed by atoms with van der Waals surface area (Å²) in [5.41, 5.74) is 1.10. The van der Waals surface area contributed by atoms with Gasteiger partial charge in [0.15, 0.2) is 0 Å². The number of nitrogens with zero attached hydrogens (tertiary/aromatic N) is 3. The molecule has 112 valence electrons.